The third-order valence-electron chi connectivity index (χ3n) is 6.05. The highest BCUT2D eigenvalue weighted by Gasteiger charge is 2.32. The Bertz CT molecular complexity index is 612. The average molecular weight is 357 g/mol. The van der Waals surface area contributed by atoms with E-state index in [4.69, 9.17) is 0 Å². The largest absolute Gasteiger partial charge is 0.339 e. The molecular weight excluding hydrogens is 324 g/mol. The standard InChI is InChI=1S/C22H32N2O2/c1-22(2,19-11-7-4-8-12-19)17-20(25)23-13-15-24(16-14-23)21(26)18-9-5-3-6-10-18/h4,7-8,11-12,18H,3,5-6,9-10,13-17H2,1-2H3. The van der Waals surface area contributed by atoms with E-state index in [-0.39, 0.29) is 17.2 Å². The van der Waals surface area contributed by atoms with E-state index in [9.17, 15) is 9.59 Å². The Labute approximate surface area is 157 Å². The predicted molar refractivity (Wildman–Crippen MR) is 104 cm³/mol. The summed E-state index contributed by atoms with van der Waals surface area (Å²) in [5, 5.41) is 0. The number of piperazine rings is 1. The minimum atomic E-state index is -0.173. The Morgan fingerprint density at radius 1 is 0.923 bits per heavy atom. The number of hydrogen-bond donors (Lipinski definition) is 0. The van der Waals surface area contributed by atoms with Gasteiger partial charge in [0.25, 0.3) is 0 Å². The van der Waals surface area contributed by atoms with Crippen LogP contribution in [-0.4, -0.2) is 47.8 Å². The number of carbonyl (C=O) groups is 2. The van der Waals surface area contributed by atoms with Crippen LogP contribution in [0, 0.1) is 5.92 Å². The van der Waals surface area contributed by atoms with E-state index < -0.39 is 0 Å². The SMILES string of the molecule is CC(C)(CC(=O)N1CCN(C(=O)C2CCCCC2)CC1)c1ccccc1. The Kier molecular flexibility index (Phi) is 6.00. The zero-order chi connectivity index (χ0) is 18.6. The molecule has 0 radical (unpaired) electrons. The maximum Gasteiger partial charge on any atom is 0.225 e. The average Bonchev–Trinajstić information content (AvgIpc) is 2.68. The second-order valence-corrected chi connectivity index (χ2v) is 8.47. The van der Waals surface area contributed by atoms with Crippen LogP contribution in [-0.2, 0) is 15.0 Å². The molecule has 1 saturated carbocycles. The summed E-state index contributed by atoms with van der Waals surface area (Å²) in [4.78, 5) is 29.4. The van der Waals surface area contributed by atoms with E-state index in [1.807, 2.05) is 28.0 Å². The molecular formula is C22H32N2O2. The monoisotopic (exact) mass is 356 g/mol. The van der Waals surface area contributed by atoms with Gasteiger partial charge in [0.1, 0.15) is 0 Å². The lowest BCUT2D eigenvalue weighted by molar-refractivity contribution is -0.143. The second-order valence-electron chi connectivity index (χ2n) is 8.47. The van der Waals surface area contributed by atoms with Gasteiger partial charge in [-0.2, -0.15) is 0 Å². The van der Waals surface area contributed by atoms with Crippen molar-refractivity contribution in [2.75, 3.05) is 26.2 Å². The fourth-order valence-corrected chi connectivity index (χ4v) is 4.27. The van der Waals surface area contributed by atoms with E-state index in [2.05, 4.69) is 26.0 Å². The molecule has 0 spiro atoms. The van der Waals surface area contributed by atoms with Crippen LogP contribution in [0.3, 0.4) is 0 Å². The number of hydrogen-bond acceptors (Lipinski definition) is 2. The smallest absolute Gasteiger partial charge is 0.225 e. The van der Waals surface area contributed by atoms with Crippen LogP contribution in [0.2, 0.25) is 0 Å². The van der Waals surface area contributed by atoms with Crippen molar-refractivity contribution in [3.8, 4) is 0 Å². The first kappa shape index (κ1) is 18.9. The highest BCUT2D eigenvalue weighted by molar-refractivity contribution is 5.80. The van der Waals surface area contributed by atoms with Gasteiger partial charge < -0.3 is 9.80 Å². The first-order valence-electron chi connectivity index (χ1n) is 10.1. The molecule has 0 atom stereocenters. The molecule has 1 heterocycles. The molecule has 1 aliphatic heterocycles. The quantitative estimate of drug-likeness (QED) is 0.827. The molecule has 0 aromatic heterocycles. The van der Waals surface area contributed by atoms with Crippen molar-refractivity contribution in [2.24, 2.45) is 5.92 Å². The van der Waals surface area contributed by atoms with Gasteiger partial charge in [0.05, 0.1) is 0 Å². The number of amides is 2. The van der Waals surface area contributed by atoms with Gasteiger partial charge in [-0.05, 0) is 23.8 Å². The van der Waals surface area contributed by atoms with E-state index in [1.165, 1.54) is 24.8 Å². The lowest BCUT2D eigenvalue weighted by atomic mass is 9.81. The van der Waals surface area contributed by atoms with Crippen molar-refractivity contribution in [1.29, 1.82) is 0 Å². The number of benzene rings is 1. The van der Waals surface area contributed by atoms with E-state index in [0.29, 0.717) is 38.5 Å². The van der Waals surface area contributed by atoms with Crippen LogP contribution >= 0.6 is 0 Å². The van der Waals surface area contributed by atoms with Gasteiger partial charge in [-0.15, -0.1) is 0 Å². The van der Waals surface area contributed by atoms with Crippen LogP contribution in [0.5, 0.6) is 0 Å². The molecule has 0 bridgehead atoms. The minimum Gasteiger partial charge on any atom is -0.339 e. The summed E-state index contributed by atoms with van der Waals surface area (Å²) >= 11 is 0. The van der Waals surface area contributed by atoms with Crippen molar-refractivity contribution in [1.82, 2.24) is 9.80 Å². The summed E-state index contributed by atoms with van der Waals surface area (Å²) in [6.45, 7) is 6.97. The Morgan fingerprint density at radius 3 is 2.12 bits per heavy atom. The molecule has 0 unspecified atom stereocenters. The van der Waals surface area contributed by atoms with Gasteiger partial charge in [0.2, 0.25) is 11.8 Å². The molecule has 4 heteroatoms. The molecule has 2 aliphatic rings. The molecule has 4 nitrogen and oxygen atoms in total. The van der Waals surface area contributed by atoms with Crippen molar-refractivity contribution in [2.45, 2.75) is 57.8 Å². The van der Waals surface area contributed by atoms with E-state index in [0.717, 1.165) is 12.8 Å². The zero-order valence-corrected chi connectivity index (χ0v) is 16.2. The molecule has 0 N–H and O–H groups in total. The maximum atomic E-state index is 12.8. The van der Waals surface area contributed by atoms with Crippen molar-refractivity contribution < 1.29 is 9.59 Å². The van der Waals surface area contributed by atoms with Gasteiger partial charge >= 0.3 is 0 Å². The van der Waals surface area contributed by atoms with E-state index >= 15 is 0 Å². The van der Waals surface area contributed by atoms with Crippen LogP contribution in [0.4, 0.5) is 0 Å². The van der Waals surface area contributed by atoms with Crippen LogP contribution < -0.4 is 0 Å². The van der Waals surface area contributed by atoms with Gasteiger partial charge in [-0.1, -0.05) is 63.4 Å². The van der Waals surface area contributed by atoms with Crippen molar-refractivity contribution in [3.05, 3.63) is 35.9 Å². The van der Waals surface area contributed by atoms with Crippen LogP contribution in [0.15, 0.2) is 30.3 Å². The molecule has 142 valence electrons. The van der Waals surface area contributed by atoms with Gasteiger partial charge in [0, 0.05) is 38.5 Å². The first-order valence-corrected chi connectivity index (χ1v) is 10.1. The Balaban J connectivity index is 1.51. The Hall–Kier alpha value is -1.84. The molecule has 1 aromatic carbocycles. The van der Waals surface area contributed by atoms with Crippen LogP contribution in [0.1, 0.15) is 57.9 Å². The molecule has 26 heavy (non-hydrogen) atoms. The number of rotatable bonds is 4. The van der Waals surface area contributed by atoms with Gasteiger partial charge in [-0.3, -0.25) is 9.59 Å². The van der Waals surface area contributed by atoms with Crippen molar-refractivity contribution in [3.63, 3.8) is 0 Å². The van der Waals surface area contributed by atoms with Crippen LogP contribution in [0.25, 0.3) is 0 Å². The second kappa shape index (κ2) is 8.24. The third-order valence-corrected chi connectivity index (χ3v) is 6.05. The first-order chi connectivity index (χ1) is 12.5. The zero-order valence-electron chi connectivity index (χ0n) is 16.2. The lowest BCUT2D eigenvalue weighted by Crippen LogP contribution is -2.52. The summed E-state index contributed by atoms with van der Waals surface area (Å²) in [5.41, 5.74) is 1.02. The third kappa shape index (κ3) is 4.46. The minimum absolute atomic E-state index is 0.173. The highest BCUT2D eigenvalue weighted by Crippen LogP contribution is 2.28. The summed E-state index contributed by atoms with van der Waals surface area (Å²) in [5.74, 6) is 0.744. The molecule has 1 aliphatic carbocycles. The molecule has 1 aromatic rings. The fourth-order valence-electron chi connectivity index (χ4n) is 4.27. The molecule has 2 amide bonds. The Morgan fingerprint density at radius 2 is 1.50 bits per heavy atom. The predicted octanol–water partition coefficient (Wildman–Crippen LogP) is 3.61. The molecule has 1 saturated heterocycles. The molecule has 3 rings (SSSR count). The maximum absolute atomic E-state index is 12.8. The molecule has 2 fully saturated rings. The van der Waals surface area contributed by atoms with Gasteiger partial charge in [-0.25, -0.2) is 0 Å². The normalized spacial score (nSPS) is 19.5. The lowest BCUT2D eigenvalue weighted by Gasteiger charge is -2.38. The highest BCUT2D eigenvalue weighted by atomic mass is 16.2. The number of carbonyl (C=O) groups excluding carboxylic acids is 2. The summed E-state index contributed by atoms with van der Waals surface area (Å²) in [6.07, 6.45) is 6.23. The van der Waals surface area contributed by atoms with Crippen molar-refractivity contribution >= 4 is 11.8 Å². The van der Waals surface area contributed by atoms with E-state index in [1.54, 1.807) is 0 Å². The topological polar surface area (TPSA) is 40.6 Å². The summed E-state index contributed by atoms with van der Waals surface area (Å²) in [7, 11) is 0. The summed E-state index contributed by atoms with van der Waals surface area (Å²) in [6, 6.07) is 10.2. The van der Waals surface area contributed by atoms with Gasteiger partial charge in [0.15, 0.2) is 0 Å². The summed E-state index contributed by atoms with van der Waals surface area (Å²) < 4.78 is 0. The number of nitrogens with zero attached hydrogens (tertiary/aromatic N) is 2. The fraction of sp³-hybridized carbons (Fsp3) is 0.636.